The predicted octanol–water partition coefficient (Wildman–Crippen LogP) is 4.06. The Labute approximate surface area is 144 Å². The number of hydrogen-bond acceptors (Lipinski definition) is 4. The van der Waals surface area contributed by atoms with Gasteiger partial charge in [-0.15, -0.1) is 5.10 Å². The Morgan fingerprint density at radius 2 is 1.73 bits per heavy atom. The van der Waals surface area contributed by atoms with Gasteiger partial charge >= 0.3 is 11.8 Å². The summed E-state index contributed by atoms with van der Waals surface area (Å²) in [5.41, 5.74) is 0.0655. The Morgan fingerprint density at radius 1 is 1.00 bits per heavy atom. The lowest BCUT2D eigenvalue weighted by molar-refractivity contribution is -0.137. The maximum atomic E-state index is 12.6. The van der Waals surface area contributed by atoms with E-state index in [0.717, 1.165) is 12.1 Å². The topological polar surface area (TPSA) is 60.9 Å². The summed E-state index contributed by atoms with van der Waals surface area (Å²) in [6, 6.07) is 13.2. The zero-order valence-electron chi connectivity index (χ0n) is 13.1. The van der Waals surface area contributed by atoms with Crippen molar-refractivity contribution in [2.45, 2.75) is 6.18 Å². The van der Waals surface area contributed by atoms with Crippen molar-refractivity contribution in [2.75, 3.05) is 0 Å². The van der Waals surface area contributed by atoms with Gasteiger partial charge in [-0.25, -0.2) is 9.48 Å². The zero-order chi connectivity index (χ0) is 18.3. The third-order valence-electron chi connectivity index (χ3n) is 3.87. The van der Waals surface area contributed by atoms with Gasteiger partial charge in [0, 0.05) is 10.9 Å². The van der Waals surface area contributed by atoms with Crippen LogP contribution in [0.15, 0.2) is 70.0 Å². The molecule has 0 saturated carbocycles. The van der Waals surface area contributed by atoms with Crippen molar-refractivity contribution in [3.8, 4) is 16.9 Å². The van der Waals surface area contributed by atoms with Gasteiger partial charge in [-0.05, 0) is 24.3 Å². The quantitative estimate of drug-likeness (QED) is 0.508. The van der Waals surface area contributed by atoms with Crippen LogP contribution in [0.1, 0.15) is 5.56 Å². The van der Waals surface area contributed by atoms with Gasteiger partial charge in [-0.3, -0.25) is 0 Å². The third-order valence-corrected chi connectivity index (χ3v) is 3.87. The Morgan fingerprint density at radius 3 is 2.46 bits per heavy atom. The number of aromatic nitrogens is 3. The number of benzene rings is 2. The molecule has 0 saturated heterocycles. The van der Waals surface area contributed by atoms with Crippen molar-refractivity contribution in [1.29, 1.82) is 0 Å². The summed E-state index contributed by atoms with van der Waals surface area (Å²) in [5, 5.41) is 8.53. The molecule has 0 spiro atoms. The van der Waals surface area contributed by atoms with Gasteiger partial charge in [0.2, 0.25) is 0 Å². The number of nitrogens with zero attached hydrogens (tertiary/aromatic N) is 3. The molecule has 0 bridgehead atoms. The first-order chi connectivity index (χ1) is 12.4. The Bertz CT molecular complexity index is 1140. The van der Waals surface area contributed by atoms with E-state index in [-0.39, 0.29) is 5.69 Å². The smallest absolute Gasteiger partial charge is 0.416 e. The molecule has 0 fully saturated rings. The number of halogens is 3. The fourth-order valence-corrected chi connectivity index (χ4v) is 2.55. The number of fused-ring (bicyclic) bond motifs is 1. The molecule has 0 aliphatic rings. The van der Waals surface area contributed by atoms with Crippen LogP contribution in [-0.4, -0.2) is 15.0 Å². The molecular weight excluding hydrogens is 347 g/mol. The van der Waals surface area contributed by atoms with E-state index in [1.54, 1.807) is 30.3 Å². The lowest BCUT2D eigenvalue weighted by atomic mass is 10.1. The summed E-state index contributed by atoms with van der Waals surface area (Å²) in [4.78, 5) is 12.2. The first-order valence-electron chi connectivity index (χ1n) is 7.55. The highest BCUT2D eigenvalue weighted by Crippen LogP contribution is 2.30. The average Bonchev–Trinajstić information content (AvgIpc) is 3.10. The van der Waals surface area contributed by atoms with E-state index in [9.17, 15) is 18.0 Å². The van der Waals surface area contributed by atoms with E-state index >= 15 is 0 Å². The first kappa shape index (κ1) is 16.1. The van der Waals surface area contributed by atoms with Gasteiger partial charge in [-0.1, -0.05) is 35.5 Å². The summed E-state index contributed by atoms with van der Waals surface area (Å²) in [5.74, 6) is 0. The molecule has 0 atom stereocenters. The molecule has 5 nitrogen and oxygen atoms in total. The van der Waals surface area contributed by atoms with Crippen molar-refractivity contribution < 1.29 is 17.6 Å². The van der Waals surface area contributed by atoms with Crippen LogP contribution in [0.5, 0.6) is 0 Å². The van der Waals surface area contributed by atoms with Crippen molar-refractivity contribution in [3.63, 3.8) is 0 Å². The van der Waals surface area contributed by atoms with E-state index in [1.807, 2.05) is 0 Å². The molecule has 26 heavy (non-hydrogen) atoms. The average molecular weight is 357 g/mol. The Balaban J connectivity index is 1.72. The van der Waals surface area contributed by atoms with E-state index < -0.39 is 17.4 Å². The standard InChI is InChI=1S/C18H10F3N3O2/c19-18(20,21)13-7-5-11(6-8-13)14-10-24(23-22-14)15-9-12-3-1-2-4-16(12)26-17(15)25/h1-10H. The van der Waals surface area contributed by atoms with Crippen LogP contribution in [0.25, 0.3) is 27.9 Å². The molecule has 2 heterocycles. The van der Waals surface area contributed by atoms with Gasteiger partial charge in [-0.2, -0.15) is 13.2 Å². The van der Waals surface area contributed by atoms with Crippen molar-refractivity contribution >= 4 is 11.0 Å². The molecule has 0 amide bonds. The molecule has 4 aromatic rings. The summed E-state index contributed by atoms with van der Waals surface area (Å²) >= 11 is 0. The second-order valence-corrected chi connectivity index (χ2v) is 5.58. The molecule has 130 valence electrons. The summed E-state index contributed by atoms with van der Waals surface area (Å²) < 4.78 is 44.4. The number of para-hydroxylation sites is 1. The molecule has 0 unspecified atom stereocenters. The minimum atomic E-state index is -4.40. The van der Waals surface area contributed by atoms with E-state index in [0.29, 0.717) is 22.2 Å². The van der Waals surface area contributed by atoms with Gasteiger partial charge < -0.3 is 4.42 Å². The highest BCUT2D eigenvalue weighted by molar-refractivity contribution is 5.78. The lowest BCUT2D eigenvalue weighted by Crippen LogP contribution is -2.10. The molecule has 0 aliphatic carbocycles. The number of rotatable bonds is 2. The zero-order valence-corrected chi connectivity index (χ0v) is 13.1. The van der Waals surface area contributed by atoms with Crippen LogP contribution in [0, 0.1) is 0 Å². The molecule has 2 aromatic heterocycles. The van der Waals surface area contributed by atoms with Gasteiger partial charge in [0.05, 0.1) is 11.8 Å². The van der Waals surface area contributed by atoms with Crippen molar-refractivity contribution in [3.05, 3.63) is 76.8 Å². The summed E-state index contributed by atoms with van der Waals surface area (Å²) in [6.45, 7) is 0. The fourth-order valence-electron chi connectivity index (χ4n) is 2.55. The number of alkyl halides is 3. The summed E-state index contributed by atoms with van der Waals surface area (Å²) in [6.07, 6.45) is -2.94. The lowest BCUT2D eigenvalue weighted by Gasteiger charge is -2.06. The Hall–Kier alpha value is -3.42. The predicted molar refractivity (Wildman–Crippen MR) is 87.8 cm³/mol. The molecule has 8 heteroatoms. The SMILES string of the molecule is O=c1oc2ccccc2cc1-n1cc(-c2ccc(C(F)(F)F)cc2)nn1. The van der Waals surface area contributed by atoms with Crippen molar-refractivity contribution in [1.82, 2.24) is 15.0 Å². The fraction of sp³-hybridized carbons (Fsp3) is 0.0556. The van der Waals surface area contributed by atoms with Crippen LogP contribution in [0.2, 0.25) is 0 Å². The molecular formula is C18H10F3N3O2. The molecule has 0 N–H and O–H groups in total. The maximum Gasteiger partial charge on any atom is 0.416 e. The minimum absolute atomic E-state index is 0.161. The normalized spacial score (nSPS) is 11.8. The molecule has 2 aromatic carbocycles. The largest absolute Gasteiger partial charge is 0.421 e. The van der Waals surface area contributed by atoms with Crippen LogP contribution >= 0.6 is 0 Å². The van der Waals surface area contributed by atoms with Crippen LogP contribution < -0.4 is 5.63 Å². The highest BCUT2D eigenvalue weighted by atomic mass is 19.4. The second-order valence-electron chi connectivity index (χ2n) is 5.58. The van der Waals surface area contributed by atoms with Gasteiger partial charge in [0.1, 0.15) is 11.3 Å². The Kier molecular flexibility index (Phi) is 3.61. The van der Waals surface area contributed by atoms with Gasteiger partial charge in [0.25, 0.3) is 0 Å². The van der Waals surface area contributed by atoms with Gasteiger partial charge in [0.15, 0.2) is 5.69 Å². The van der Waals surface area contributed by atoms with E-state index in [1.165, 1.54) is 23.0 Å². The molecule has 0 aliphatic heterocycles. The second kappa shape index (κ2) is 5.83. The third kappa shape index (κ3) is 2.85. The first-order valence-corrected chi connectivity index (χ1v) is 7.55. The molecule has 4 rings (SSSR count). The van der Waals surface area contributed by atoms with E-state index in [2.05, 4.69) is 10.3 Å². The van der Waals surface area contributed by atoms with Crippen LogP contribution in [-0.2, 0) is 6.18 Å². The number of hydrogen-bond donors (Lipinski definition) is 0. The summed E-state index contributed by atoms with van der Waals surface area (Å²) in [7, 11) is 0. The van der Waals surface area contributed by atoms with Crippen LogP contribution in [0.3, 0.4) is 0 Å². The van der Waals surface area contributed by atoms with E-state index in [4.69, 9.17) is 4.42 Å². The minimum Gasteiger partial charge on any atom is -0.421 e. The maximum absolute atomic E-state index is 12.6. The highest BCUT2D eigenvalue weighted by Gasteiger charge is 2.30. The van der Waals surface area contributed by atoms with Crippen LogP contribution in [0.4, 0.5) is 13.2 Å². The monoisotopic (exact) mass is 357 g/mol. The molecule has 0 radical (unpaired) electrons. The van der Waals surface area contributed by atoms with Crippen molar-refractivity contribution in [2.24, 2.45) is 0 Å².